The number of hydrogen-bond acceptors (Lipinski definition) is 9. The van der Waals surface area contributed by atoms with Crippen LogP contribution in [0.4, 0.5) is 10.6 Å². The topological polar surface area (TPSA) is 110 Å². The molecule has 0 saturated heterocycles. The molecule has 2 N–H and O–H groups in total. The Morgan fingerprint density at radius 2 is 2.06 bits per heavy atom. The Morgan fingerprint density at radius 3 is 2.74 bits per heavy atom. The molecule has 0 unspecified atom stereocenters. The number of rotatable bonds is 10. The Labute approximate surface area is 184 Å². The molecule has 1 atom stereocenters. The normalized spacial score (nSPS) is 14.4. The second kappa shape index (κ2) is 11.9. The van der Waals surface area contributed by atoms with Crippen molar-refractivity contribution in [3.63, 3.8) is 0 Å². The lowest BCUT2D eigenvalue weighted by Gasteiger charge is -2.29. The predicted molar refractivity (Wildman–Crippen MR) is 116 cm³/mol. The smallest absolute Gasteiger partial charge is 0.468 e. The van der Waals surface area contributed by atoms with E-state index in [1.165, 1.54) is 17.7 Å². The zero-order valence-electron chi connectivity index (χ0n) is 19.0. The number of carbonyl (C=O) groups excluding carboxylic acids is 2. The number of esters is 1. The molecule has 0 fully saturated rings. The molecule has 0 saturated carbocycles. The zero-order valence-corrected chi connectivity index (χ0v) is 19.0. The molecular formula is C22H35N3O6. The molecule has 0 amide bonds. The number of fused-ring (bicyclic) bond motifs is 1. The van der Waals surface area contributed by atoms with Crippen LogP contribution in [0.2, 0.25) is 0 Å². The van der Waals surface area contributed by atoms with Crippen LogP contribution in [0.15, 0.2) is 12.1 Å². The van der Waals surface area contributed by atoms with Gasteiger partial charge in [0.25, 0.3) is 0 Å². The van der Waals surface area contributed by atoms with Gasteiger partial charge >= 0.3 is 12.1 Å². The van der Waals surface area contributed by atoms with Gasteiger partial charge in [-0.3, -0.25) is 4.79 Å². The van der Waals surface area contributed by atoms with Crippen molar-refractivity contribution in [2.75, 3.05) is 32.1 Å². The molecule has 2 rings (SSSR count). The Hall–Kier alpha value is -2.39. The monoisotopic (exact) mass is 437 g/mol. The predicted octanol–water partition coefficient (Wildman–Crippen LogP) is 2.86. The van der Waals surface area contributed by atoms with Crippen molar-refractivity contribution in [3.05, 3.63) is 23.4 Å². The summed E-state index contributed by atoms with van der Waals surface area (Å²) in [6.45, 7) is 6.17. The van der Waals surface area contributed by atoms with E-state index in [4.69, 9.17) is 14.3 Å². The summed E-state index contributed by atoms with van der Waals surface area (Å²) < 4.78 is 10.0. The largest absolute Gasteiger partial charge is 0.528 e. The lowest BCUT2D eigenvalue weighted by molar-refractivity contribution is -0.188. The van der Waals surface area contributed by atoms with E-state index in [0.717, 1.165) is 43.7 Å². The molecule has 9 heteroatoms. The fraction of sp³-hybridized carbons (Fsp3) is 0.682. The number of hydroxylamine groups is 2. The summed E-state index contributed by atoms with van der Waals surface area (Å²) in [5.41, 5.74) is 1.51. The van der Waals surface area contributed by atoms with Gasteiger partial charge in [0, 0.05) is 25.4 Å². The first-order valence-corrected chi connectivity index (χ1v) is 10.8. The van der Waals surface area contributed by atoms with E-state index in [1.807, 2.05) is 6.07 Å². The van der Waals surface area contributed by atoms with Crippen molar-refractivity contribution in [3.8, 4) is 0 Å². The molecule has 0 aromatic carbocycles. The lowest BCUT2D eigenvalue weighted by atomic mass is 10.1. The number of methoxy groups -OCH3 is 1. The summed E-state index contributed by atoms with van der Waals surface area (Å²) in [5, 5.41) is 13.9. The molecule has 31 heavy (non-hydrogen) atoms. The van der Waals surface area contributed by atoms with E-state index in [9.17, 15) is 14.7 Å². The Morgan fingerprint density at radius 1 is 1.29 bits per heavy atom. The number of anilines is 1. The van der Waals surface area contributed by atoms with Crippen LogP contribution in [0.3, 0.4) is 0 Å². The third-order valence-corrected chi connectivity index (χ3v) is 4.82. The van der Waals surface area contributed by atoms with Crippen LogP contribution >= 0.6 is 0 Å². The van der Waals surface area contributed by atoms with Crippen molar-refractivity contribution in [1.82, 2.24) is 10.0 Å². The number of hydrogen-bond donors (Lipinski definition) is 2. The summed E-state index contributed by atoms with van der Waals surface area (Å²) in [4.78, 5) is 34.4. The molecule has 9 nitrogen and oxygen atoms in total. The molecule has 0 spiro atoms. The maximum Gasteiger partial charge on any atom is 0.528 e. The van der Waals surface area contributed by atoms with Gasteiger partial charge in [0.1, 0.15) is 17.5 Å². The third kappa shape index (κ3) is 8.34. The second-order valence-corrected chi connectivity index (χ2v) is 8.55. The average Bonchev–Trinajstić information content (AvgIpc) is 2.72. The number of aliphatic hydroxyl groups is 1. The fourth-order valence-corrected chi connectivity index (χ4v) is 3.35. The number of ether oxygens (including phenoxy) is 2. The Balaban J connectivity index is 1.96. The van der Waals surface area contributed by atoms with Gasteiger partial charge in [0.15, 0.2) is 0 Å². The number of carbonyl (C=O) groups is 2. The van der Waals surface area contributed by atoms with Gasteiger partial charge in [-0.05, 0) is 70.9 Å². The number of unbranched alkanes of at least 4 members (excludes halogenated alkanes) is 1. The van der Waals surface area contributed by atoms with Gasteiger partial charge in [-0.2, -0.15) is 0 Å². The molecule has 174 valence electrons. The van der Waals surface area contributed by atoms with Crippen molar-refractivity contribution in [1.29, 1.82) is 0 Å². The van der Waals surface area contributed by atoms with E-state index in [2.05, 4.69) is 16.4 Å². The molecule has 0 bridgehead atoms. The molecular weight excluding hydrogens is 402 g/mol. The summed E-state index contributed by atoms with van der Waals surface area (Å²) in [6.07, 6.45) is 3.54. The molecule has 1 aliphatic heterocycles. The Bertz CT molecular complexity index is 734. The first-order valence-electron chi connectivity index (χ1n) is 10.8. The molecule has 2 heterocycles. The van der Waals surface area contributed by atoms with Crippen LogP contribution in [-0.4, -0.2) is 65.7 Å². The maximum absolute atomic E-state index is 12.2. The van der Waals surface area contributed by atoms with E-state index < -0.39 is 23.8 Å². The summed E-state index contributed by atoms with van der Waals surface area (Å²) in [6, 6.07) is 3.26. The van der Waals surface area contributed by atoms with Gasteiger partial charge in [-0.25, -0.2) is 9.78 Å². The van der Waals surface area contributed by atoms with Crippen molar-refractivity contribution in [2.45, 2.75) is 70.9 Å². The second-order valence-electron chi connectivity index (χ2n) is 8.55. The van der Waals surface area contributed by atoms with E-state index in [0.29, 0.717) is 13.0 Å². The number of pyridine rings is 1. The number of nitrogens with zero attached hydrogens (tertiary/aromatic N) is 2. The molecule has 0 radical (unpaired) electrons. The minimum absolute atomic E-state index is 0.0769. The highest BCUT2D eigenvalue weighted by Crippen LogP contribution is 2.20. The highest BCUT2D eigenvalue weighted by Gasteiger charge is 2.31. The van der Waals surface area contributed by atoms with Gasteiger partial charge in [-0.1, -0.05) is 6.07 Å². The minimum atomic E-state index is -0.909. The van der Waals surface area contributed by atoms with E-state index in [-0.39, 0.29) is 13.0 Å². The summed E-state index contributed by atoms with van der Waals surface area (Å²) in [5.74, 6) is 0.382. The number of aliphatic hydroxyl groups excluding tert-OH is 1. The van der Waals surface area contributed by atoms with E-state index in [1.54, 1.807) is 20.8 Å². The van der Waals surface area contributed by atoms with E-state index >= 15 is 0 Å². The average molecular weight is 438 g/mol. The van der Waals surface area contributed by atoms with Crippen molar-refractivity contribution in [2.24, 2.45) is 0 Å². The first-order chi connectivity index (χ1) is 14.7. The lowest BCUT2D eigenvalue weighted by Crippen LogP contribution is -2.45. The summed E-state index contributed by atoms with van der Waals surface area (Å²) >= 11 is 0. The van der Waals surface area contributed by atoms with Crippen LogP contribution in [0.1, 0.15) is 57.7 Å². The van der Waals surface area contributed by atoms with Crippen molar-refractivity contribution >= 4 is 17.9 Å². The van der Waals surface area contributed by atoms with Crippen LogP contribution in [0.5, 0.6) is 0 Å². The van der Waals surface area contributed by atoms with Crippen LogP contribution < -0.4 is 5.32 Å². The SMILES string of the molecule is COC(=O)[C@H](CCO)N(CCCCc1ccc2c(n1)NCCC2)OC(=O)OC(C)(C)C. The molecule has 1 aromatic rings. The van der Waals surface area contributed by atoms with Crippen LogP contribution in [-0.2, 0) is 31.9 Å². The van der Waals surface area contributed by atoms with Gasteiger partial charge in [0.05, 0.1) is 7.11 Å². The Kier molecular flexibility index (Phi) is 9.51. The van der Waals surface area contributed by atoms with Gasteiger partial charge in [0.2, 0.25) is 0 Å². The molecule has 1 aromatic heterocycles. The number of aromatic nitrogens is 1. The summed E-state index contributed by atoms with van der Waals surface area (Å²) in [7, 11) is 1.26. The quantitative estimate of drug-likeness (QED) is 0.324. The van der Waals surface area contributed by atoms with Crippen LogP contribution in [0.25, 0.3) is 0 Å². The van der Waals surface area contributed by atoms with Crippen molar-refractivity contribution < 1.29 is 29.0 Å². The van der Waals surface area contributed by atoms with Crippen LogP contribution in [0, 0.1) is 0 Å². The minimum Gasteiger partial charge on any atom is -0.468 e. The standard InChI is InChI=1S/C22H35N3O6/c1-22(2,3)30-21(28)31-25(18(12-15-26)20(27)29-4)14-6-5-9-17-11-10-16-8-7-13-23-19(16)24-17/h10-11,18,26H,5-9,12-15H2,1-4H3,(H,23,24)/t18-/m0/s1. The third-order valence-electron chi connectivity index (χ3n) is 4.82. The number of nitrogens with one attached hydrogen (secondary N) is 1. The van der Waals surface area contributed by atoms with Gasteiger partial charge in [-0.15, -0.1) is 5.06 Å². The maximum atomic E-state index is 12.2. The molecule has 1 aliphatic rings. The highest BCUT2D eigenvalue weighted by atomic mass is 16.8. The first kappa shape index (κ1) is 24.9. The van der Waals surface area contributed by atoms with Gasteiger partial charge < -0.3 is 24.7 Å². The zero-order chi connectivity index (χ0) is 22.9. The number of aryl methyl sites for hydroxylation is 2. The highest BCUT2D eigenvalue weighted by molar-refractivity contribution is 5.75. The fourth-order valence-electron chi connectivity index (χ4n) is 3.35. The molecule has 0 aliphatic carbocycles.